The number of nitrogens with zero attached hydrogens (tertiary/aromatic N) is 2. The van der Waals surface area contributed by atoms with Crippen LogP contribution < -0.4 is 5.73 Å². The summed E-state index contributed by atoms with van der Waals surface area (Å²) >= 11 is 0. The van der Waals surface area contributed by atoms with Crippen LogP contribution in [0.1, 0.15) is 50.7 Å². The Balaban J connectivity index is 1.81. The average Bonchev–Trinajstić information content (AvgIpc) is 3.06. The predicted molar refractivity (Wildman–Crippen MR) is 94.9 cm³/mol. The molecule has 1 saturated carbocycles. The van der Waals surface area contributed by atoms with E-state index in [0.717, 1.165) is 37.7 Å². The highest BCUT2D eigenvalue weighted by atomic mass is 16.7. The lowest BCUT2D eigenvalue weighted by molar-refractivity contribution is -0.251. The molecular weight excluding hydrogens is 318 g/mol. The Bertz CT molecular complexity index is 710. The molecule has 2 aliphatic carbocycles. The van der Waals surface area contributed by atoms with Crippen LogP contribution in [0.3, 0.4) is 0 Å². The number of aliphatic imine (C=N–C) groups is 1. The van der Waals surface area contributed by atoms with E-state index in [1.54, 1.807) is 24.3 Å². The molecule has 25 heavy (non-hydrogen) atoms. The highest BCUT2D eigenvalue weighted by Crippen LogP contribution is 2.62. The number of rotatable bonds is 2. The number of ether oxygens (including phenoxy) is 1. The van der Waals surface area contributed by atoms with Crippen LogP contribution in [-0.4, -0.2) is 35.4 Å². The first-order valence-corrected chi connectivity index (χ1v) is 9.10. The molecule has 0 amide bonds. The number of benzene rings is 1. The first-order valence-electron chi connectivity index (χ1n) is 9.10. The highest BCUT2D eigenvalue weighted by molar-refractivity contribution is 5.79. The van der Waals surface area contributed by atoms with Crippen LogP contribution in [0.4, 0.5) is 0 Å². The molecule has 1 aliphatic heterocycles. The molecule has 1 fully saturated rings. The Labute approximate surface area is 148 Å². The van der Waals surface area contributed by atoms with Gasteiger partial charge in [-0.3, -0.25) is 0 Å². The van der Waals surface area contributed by atoms with E-state index >= 15 is 0 Å². The average molecular weight is 345 g/mol. The molecule has 0 aromatic heterocycles. The van der Waals surface area contributed by atoms with Crippen LogP contribution in [0.25, 0.3) is 0 Å². The number of nitrogens with two attached hydrogens (primary N) is 1. The van der Waals surface area contributed by atoms with Crippen molar-refractivity contribution < 1.29 is 14.7 Å². The molecule has 2 spiro atoms. The van der Waals surface area contributed by atoms with Gasteiger partial charge in [0.2, 0.25) is 11.7 Å². The van der Waals surface area contributed by atoms with Gasteiger partial charge in [-0.05, 0) is 63.6 Å². The third kappa shape index (κ3) is 2.27. The number of guanidine groups is 1. The van der Waals surface area contributed by atoms with E-state index in [4.69, 9.17) is 20.3 Å². The van der Waals surface area contributed by atoms with Gasteiger partial charge in [0.25, 0.3) is 0 Å². The third-order valence-electron chi connectivity index (χ3n) is 6.13. The molecule has 6 heteroatoms. The molecule has 1 unspecified atom stereocenters. The molecule has 0 bridgehead atoms. The van der Waals surface area contributed by atoms with E-state index in [9.17, 15) is 5.11 Å². The van der Waals surface area contributed by atoms with Gasteiger partial charge in [-0.15, -0.1) is 0 Å². The van der Waals surface area contributed by atoms with E-state index in [2.05, 4.69) is 0 Å². The van der Waals surface area contributed by atoms with Gasteiger partial charge >= 0.3 is 0 Å². The van der Waals surface area contributed by atoms with E-state index in [1.807, 2.05) is 19.9 Å². The Morgan fingerprint density at radius 1 is 1.36 bits per heavy atom. The second-order valence-corrected chi connectivity index (χ2v) is 7.86. The maximum Gasteiger partial charge on any atom is 0.220 e. The number of fused-ring (bicyclic) bond motifs is 3. The maximum atomic E-state index is 10.1. The third-order valence-corrected chi connectivity index (χ3v) is 6.13. The second kappa shape index (κ2) is 5.61. The summed E-state index contributed by atoms with van der Waals surface area (Å²) in [4.78, 5) is 11.4. The number of phenols is 1. The van der Waals surface area contributed by atoms with E-state index in [1.165, 1.54) is 5.56 Å². The summed E-state index contributed by atoms with van der Waals surface area (Å²) in [5.41, 5.74) is 7.40. The first kappa shape index (κ1) is 16.7. The topological polar surface area (TPSA) is 80.3 Å². The van der Waals surface area contributed by atoms with Gasteiger partial charge in [-0.1, -0.05) is 6.07 Å². The number of hydrogen-bond donors (Lipinski definition) is 2. The summed E-state index contributed by atoms with van der Waals surface area (Å²) in [5, 5.41) is 11.8. The summed E-state index contributed by atoms with van der Waals surface area (Å²) in [5.74, 6) is 0.653. The standard InChI is InChI=1S/C19H27N3O3/c1-12(2)22-17(20)21-19(25-22)16-10-14(23)5-4-13(16)11-18(19)8-6-15(24-3)7-9-18/h4-5,10,12,15,23H,6-9,11H2,1-3H3,(H2,20,21). The molecule has 0 saturated heterocycles. The normalized spacial score (nSPS) is 34.2. The van der Waals surface area contributed by atoms with Crippen molar-refractivity contribution in [3.8, 4) is 5.75 Å². The number of hydrogen-bond acceptors (Lipinski definition) is 6. The molecule has 4 rings (SSSR count). The van der Waals surface area contributed by atoms with Crippen molar-refractivity contribution in [2.45, 2.75) is 63.8 Å². The fraction of sp³-hybridized carbons (Fsp3) is 0.632. The summed E-state index contributed by atoms with van der Waals surface area (Å²) in [6, 6.07) is 5.63. The largest absolute Gasteiger partial charge is 0.508 e. The van der Waals surface area contributed by atoms with Crippen LogP contribution in [0.5, 0.6) is 5.75 Å². The molecule has 1 aromatic carbocycles. The predicted octanol–water partition coefficient (Wildman–Crippen LogP) is 2.65. The van der Waals surface area contributed by atoms with Gasteiger partial charge in [0.05, 0.1) is 12.1 Å². The number of phenolic OH excluding ortho intramolecular Hbond substituents is 1. The molecule has 6 nitrogen and oxygen atoms in total. The molecule has 1 heterocycles. The monoisotopic (exact) mass is 345 g/mol. The van der Waals surface area contributed by atoms with Crippen molar-refractivity contribution in [1.82, 2.24) is 5.06 Å². The molecular formula is C19H27N3O3. The number of hydroxylamine groups is 2. The summed E-state index contributed by atoms with van der Waals surface area (Å²) in [6.45, 7) is 4.07. The van der Waals surface area contributed by atoms with Crippen LogP contribution in [0.2, 0.25) is 0 Å². The van der Waals surface area contributed by atoms with Crippen molar-refractivity contribution in [2.24, 2.45) is 16.1 Å². The van der Waals surface area contributed by atoms with Crippen molar-refractivity contribution in [3.63, 3.8) is 0 Å². The van der Waals surface area contributed by atoms with Gasteiger partial charge in [0.15, 0.2) is 0 Å². The van der Waals surface area contributed by atoms with Crippen molar-refractivity contribution >= 4 is 5.96 Å². The van der Waals surface area contributed by atoms with Crippen molar-refractivity contribution in [1.29, 1.82) is 0 Å². The summed E-state index contributed by atoms with van der Waals surface area (Å²) < 4.78 is 5.57. The summed E-state index contributed by atoms with van der Waals surface area (Å²) in [6.07, 6.45) is 5.08. The maximum absolute atomic E-state index is 10.1. The lowest BCUT2D eigenvalue weighted by Crippen LogP contribution is -2.48. The number of methoxy groups -OCH3 is 1. The van der Waals surface area contributed by atoms with Gasteiger partial charge in [-0.25, -0.2) is 14.9 Å². The molecule has 3 aliphatic rings. The van der Waals surface area contributed by atoms with E-state index in [-0.39, 0.29) is 17.2 Å². The molecule has 136 valence electrons. The van der Waals surface area contributed by atoms with Crippen molar-refractivity contribution in [2.75, 3.05) is 7.11 Å². The minimum Gasteiger partial charge on any atom is -0.508 e. The van der Waals surface area contributed by atoms with Crippen LogP contribution >= 0.6 is 0 Å². The molecule has 0 radical (unpaired) electrons. The SMILES string of the molecule is COC1CCC2(CC1)Cc1ccc(O)cc1C21N=C(N)N(C(C)C)O1. The zero-order valence-electron chi connectivity index (χ0n) is 15.2. The van der Waals surface area contributed by atoms with Crippen LogP contribution in [0, 0.1) is 5.41 Å². The molecule has 1 aromatic rings. The number of aromatic hydroxyl groups is 1. The van der Waals surface area contributed by atoms with E-state index < -0.39 is 5.72 Å². The van der Waals surface area contributed by atoms with Crippen LogP contribution in [-0.2, 0) is 21.7 Å². The van der Waals surface area contributed by atoms with Gasteiger partial charge in [0.1, 0.15) is 5.75 Å². The fourth-order valence-corrected chi connectivity index (χ4v) is 4.81. The van der Waals surface area contributed by atoms with Gasteiger partial charge < -0.3 is 15.6 Å². The zero-order valence-corrected chi connectivity index (χ0v) is 15.2. The Kier molecular flexibility index (Phi) is 3.74. The van der Waals surface area contributed by atoms with Gasteiger partial charge in [-0.2, -0.15) is 0 Å². The minimum atomic E-state index is -0.839. The van der Waals surface area contributed by atoms with Gasteiger partial charge in [0, 0.05) is 18.1 Å². The minimum absolute atomic E-state index is 0.0943. The smallest absolute Gasteiger partial charge is 0.220 e. The Morgan fingerprint density at radius 3 is 2.68 bits per heavy atom. The molecule has 3 N–H and O–H groups in total. The zero-order chi connectivity index (χ0) is 17.8. The van der Waals surface area contributed by atoms with Crippen molar-refractivity contribution in [3.05, 3.63) is 29.3 Å². The fourth-order valence-electron chi connectivity index (χ4n) is 4.81. The quantitative estimate of drug-likeness (QED) is 0.861. The van der Waals surface area contributed by atoms with Crippen LogP contribution in [0.15, 0.2) is 23.2 Å². The second-order valence-electron chi connectivity index (χ2n) is 7.86. The Morgan fingerprint density at radius 2 is 2.08 bits per heavy atom. The highest BCUT2D eigenvalue weighted by Gasteiger charge is 2.63. The lowest BCUT2D eigenvalue weighted by Gasteiger charge is -2.45. The lowest BCUT2D eigenvalue weighted by atomic mass is 9.66. The Hall–Kier alpha value is -1.79. The molecule has 1 atom stereocenters. The first-order chi connectivity index (χ1) is 11.9. The van der Waals surface area contributed by atoms with E-state index in [0.29, 0.717) is 12.1 Å². The summed E-state index contributed by atoms with van der Waals surface area (Å²) in [7, 11) is 1.78.